The first-order valence-electron chi connectivity index (χ1n) is 9.39. The highest BCUT2D eigenvalue weighted by Gasteiger charge is 2.23. The molecule has 0 aliphatic carbocycles. The molecule has 4 rings (SSSR count). The topological polar surface area (TPSA) is 101 Å². The normalized spacial score (nSPS) is 14.3. The first-order valence-corrected chi connectivity index (χ1v) is 11.2. The molecule has 1 N–H and O–H groups in total. The molecule has 1 fully saturated rings. The molecule has 1 amide bonds. The Morgan fingerprint density at radius 2 is 1.77 bits per heavy atom. The van der Waals surface area contributed by atoms with Crippen LogP contribution in [-0.2, 0) is 14.8 Å². The Labute approximate surface area is 178 Å². The zero-order chi connectivity index (χ0) is 21.1. The molecule has 8 nitrogen and oxygen atoms in total. The largest absolute Gasteiger partial charge is 0.473 e. The lowest BCUT2D eigenvalue weighted by atomic mass is 10.3. The van der Waals surface area contributed by atoms with E-state index >= 15 is 0 Å². The van der Waals surface area contributed by atoms with E-state index in [0.29, 0.717) is 30.5 Å². The first kappa shape index (κ1) is 20.4. The molecule has 0 saturated carbocycles. The van der Waals surface area contributed by atoms with Crippen LogP contribution in [0.25, 0.3) is 11.0 Å². The number of carbonyl (C=O) groups is 1. The minimum atomic E-state index is -4.01. The van der Waals surface area contributed by atoms with Crippen molar-refractivity contribution in [3.05, 3.63) is 53.6 Å². The maximum atomic E-state index is 12.9. The molecular formula is C20H19ClN4O4S. The summed E-state index contributed by atoms with van der Waals surface area (Å²) in [6.45, 7) is 1.25. The van der Waals surface area contributed by atoms with Gasteiger partial charge >= 0.3 is 0 Å². The number of hydrogen-bond donors (Lipinski definition) is 1. The van der Waals surface area contributed by atoms with Crippen molar-refractivity contribution in [2.75, 3.05) is 24.4 Å². The minimum Gasteiger partial charge on any atom is -0.473 e. The molecule has 0 radical (unpaired) electrons. The number of aromatic nitrogens is 2. The second-order valence-corrected chi connectivity index (χ2v) is 8.79. The molecule has 0 atom stereocenters. The van der Waals surface area contributed by atoms with Crippen molar-refractivity contribution in [1.29, 1.82) is 0 Å². The fourth-order valence-electron chi connectivity index (χ4n) is 3.19. The SMILES string of the molecule is O=C1CCCN1CCOc1nc2ccccc2nc1NS(=O)(=O)c1ccccc1Cl. The van der Waals surface area contributed by atoms with Crippen LogP contribution in [0, 0.1) is 0 Å². The molecular weight excluding hydrogens is 428 g/mol. The van der Waals surface area contributed by atoms with Gasteiger partial charge in [-0.1, -0.05) is 35.9 Å². The van der Waals surface area contributed by atoms with Crippen molar-refractivity contribution in [3.8, 4) is 5.88 Å². The summed E-state index contributed by atoms with van der Waals surface area (Å²) < 4.78 is 33.9. The number of amides is 1. The smallest absolute Gasteiger partial charge is 0.264 e. The molecule has 2 aromatic carbocycles. The number of ether oxygens (including phenoxy) is 1. The van der Waals surface area contributed by atoms with E-state index in [0.717, 1.165) is 6.42 Å². The highest BCUT2D eigenvalue weighted by atomic mass is 35.5. The van der Waals surface area contributed by atoms with Gasteiger partial charge in [0.25, 0.3) is 15.9 Å². The van der Waals surface area contributed by atoms with Crippen LogP contribution >= 0.6 is 11.6 Å². The third-order valence-corrected chi connectivity index (χ3v) is 6.51. The van der Waals surface area contributed by atoms with Crippen molar-refractivity contribution in [2.24, 2.45) is 0 Å². The van der Waals surface area contributed by atoms with Crippen LogP contribution in [0.4, 0.5) is 5.82 Å². The van der Waals surface area contributed by atoms with Gasteiger partial charge < -0.3 is 9.64 Å². The fourth-order valence-corrected chi connectivity index (χ4v) is 4.71. The number of para-hydroxylation sites is 2. The van der Waals surface area contributed by atoms with Crippen molar-refractivity contribution in [1.82, 2.24) is 14.9 Å². The van der Waals surface area contributed by atoms with Crippen LogP contribution in [-0.4, -0.2) is 48.9 Å². The fraction of sp³-hybridized carbons (Fsp3) is 0.250. The summed E-state index contributed by atoms with van der Waals surface area (Å²) in [4.78, 5) is 22.2. The number of nitrogens with one attached hydrogen (secondary N) is 1. The van der Waals surface area contributed by atoms with Gasteiger partial charge in [-0.25, -0.2) is 18.4 Å². The Morgan fingerprint density at radius 3 is 2.47 bits per heavy atom. The maximum Gasteiger partial charge on any atom is 0.264 e. The van der Waals surface area contributed by atoms with Crippen LogP contribution in [0.3, 0.4) is 0 Å². The highest BCUT2D eigenvalue weighted by Crippen LogP contribution is 2.28. The van der Waals surface area contributed by atoms with Crippen molar-refractivity contribution in [3.63, 3.8) is 0 Å². The van der Waals surface area contributed by atoms with Crippen molar-refractivity contribution in [2.45, 2.75) is 17.7 Å². The molecule has 1 aromatic heterocycles. The third-order valence-electron chi connectivity index (χ3n) is 4.67. The standard InChI is InChI=1S/C20H19ClN4O4S/c21-14-6-1-4-9-17(14)30(27,28)24-19-20(23-16-8-3-2-7-15(16)22-19)29-13-12-25-11-5-10-18(25)26/h1-4,6-9H,5,10-13H2,(H,22,24). The van der Waals surface area contributed by atoms with E-state index in [1.807, 2.05) is 0 Å². The summed E-state index contributed by atoms with van der Waals surface area (Å²) in [6.07, 6.45) is 1.37. The van der Waals surface area contributed by atoms with Crippen LogP contribution in [0.5, 0.6) is 5.88 Å². The van der Waals surface area contributed by atoms with E-state index in [1.54, 1.807) is 41.3 Å². The zero-order valence-corrected chi connectivity index (χ0v) is 17.5. The lowest BCUT2D eigenvalue weighted by Crippen LogP contribution is -2.29. The second kappa shape index (κ2) is 8.45. The third kappa shape index (κ3) is 4.31. The molecule has 0 spiro atoms. The van der Waals surface area contributed by atoms with Gasteiger partial charge in [0.05, 0.1) is 22.6 Å². The minimum absolute atomic E-state index is 0.0379. The molecule has 2 heterocycles. The molecule has 3 aromatic rings. The quantitative estimate of drug-likeness (QED) is 0.598. The number of halogens is 1. The predicted octanol–water partition coefficient (Wildman–Crippen LogP) is 3.09. The number of carbonyl (C=O) groups excluding carboxylic acids is 1. The van der Waals surface area contributed by atoms with Gasteiger partial charge in [0.15, 0.2) is 0 Å². The Bertz CT molecular complexity index is 1200. The number of benzene rings is 2. The van der Waals surface area contributed by atoms with Gasteiger partial charge in [-0.3, -0.25) is 9.52 Å². The molecule has 1 saturated heterocycles. The van der Waals surface area contributed by atoms with Gasteiger partial charge in [0.1, 0.15) is 11.5 Å². The average Bonchev–Trinajstić information content (AvgIpc) is 3.13. The van der Waals surface area contributed by atoms with Crippen molar-refractivity contribution >= 4 is 44.4 Å². The highest BCUT2D eigenvalue weighted by molar-refractivity contribution is 7.92. The summed E-state index contributed by atoms with van der Waals surface area (Å²) in [5, 5.41) is 0.0914. The van der Waals surface area contributed by atoms with Gasteiger partial charge in [-0.15, -0.1) is 0 Å². The van der Waals surface area contributed by atoms with E-state index in [-0.39, 0.29) is 34.1 Å². The van der Waals surface area contributed by atoms with E-state index in [1.165, 1.54) is 12.1 Å². The van der Waals surface area contributed by atoms with E-state index in [9.17, 15) is 13.2 Å². The molecule has 30 heavy (non-hydrogen) atoms. The predicted molar refractivity (Wildman–Crippen MR) is 113 cm³/mol. The van der Waals surface area contributed by atoms with E-state index < -0.39 is 10.0 Å². The first-order chi connectivity index (χ1) is 14.4. The second-order valence-electron chi connectivity index (χ2n) is 6.73. The molecule has 0 bridgehead atoms. The number of hydrogen-bond acceptors (Lipinski definition) is 6. The molecule has 10 heteroatoms. The number of nitrogens with zero attached hydrogens (tertiary/aromatic N) is 3. The van der Waals surface area contributed by atoms with Gasteiger partial charge in [-0.05, 0) is 30.7 Å². The van der Waals surface area contributed by atoms with Gasteiger partial charge in [0, 0.05) is 13.0 Å². The summed E-state index contributed by atoms with van der Waals surface area (Å²) >= 11 is 6.06. The van der Waals surface area contributed by atoms with Gasteiger partial charge in [-0.2, -0.15) is 0 Å². The Morgan fingerprint density at radius 1 is 1.07 bits per heavy atom. The summed E-state index contributed by atoms with van der Waals surface area (Å²) in [7, 11) is -4.01. The molecule has 1 aliphatic heterocycles. The van der Waals surface area contributed by atoms with Crippen LogP contribution < -0.4 is 9.46 Å². The zero-order valence-electron chi connectivity index (χ0n) is 15.9. The average molecular weight is 447 g/mol. The number of likely N-dealkylation sites (tertiary alicyclic amines) is 1. The van der Waals surface area contributed by atoms with Crippen molar-refractivity contribution < 1.29 is 17.9 Å². The lowest BCUT2D eigenvalue weighted by Gasteiger charge is -2.17. The Balaban J connectivity index is 1.62. The summed E-state index contributed by atoms with van der Waals surface area (Å²) in [5.41, 5.74) is 1.07. The summed E-state index contributed by atoms with van der Waals surface area (Å²) in [5.74, 6) is 0.0835. The Hall–Kier alpha value is -2.91. The molecule has 1 aliphatic rings. The van der Waals surface area contributed by atoms with Crippen LogP contribution in [0.2, 0.25) is 5.02 Å². The number of fused-ring (bicyclic) bond motifs is 1. The lowest BCUT2D eigenvalue weighted by molar-refractivity contribution is -0.128. The Kier molecular flexibility index (Phi) is 5.74. The van der Waals surface area contributed by atoms with E-state index in [2.05, 4.69) is 14.7 Å². The van der Waals surface area contributed by atoms with Crippen LogP contribution in [0.1, 0.15) is 12.8 Å². The number of anilines is 1. The van der Waals surface area contributed by atoms with Crippen LogP contribution in [0.15, 0.2) is 53.4 Å². The molecule has 156 valence electrons. The molecule has 0 unspecified atom stereocenters. The van der Waals surface area contributed by atoms with Gasteiger partial charge in [0.2, 0.25) is 11.7 Å². The number of rotatable bonds is 7. The van der Waals surface area contributed by atoms with E-state index in [4.69, 9.17) is 16.3 Å². The monoisotopic (exact) mass is 446 g/mol. The maximum absolute atomic E-state index is 12.9. The summed E-state index contributed by atoms with van der Waals surface area (Å²) in [6, 6.07) is 13.2. The number of sulfonamides is 1.